The van der Waals surface area contributed by atoms with Crippen LogP contribution >= 0.6 is 0 Å². The van der Waals surface area contributed by atoms with Crippen LogP contribution in [0.3, 0.4) is 0 Å². The van der Waals surface area contributed by atoms with E-state index >= 15 is 0 Å². The van der Waals surface area contributed by atoms with Crippen molar-refractivity contribution in [2.45, 2.75) is 50.9 Å². The summed E-state index contributed by atoms with van der Waals surface area (Å²) < 4.78 is 1.68. The zero-order valence-corrected chi connectivity index (χ0v) is 19.6. The first-order valence-corrected chi connectivity index (χ1v) is 12.1. The van der Waals surface area contributed by atoms with Gasteiger partial charge in [-0.2, -0.15) is 0 Å². The number of hydrogen-bond acceptors (Lipinski definition) is 4. The van der Waals surface area contributed by atoms with Crippen molar-refractivity contribution in [3.8, 4) is 0 Å². The smallest absolute Gasteiger partial charge is 0.279 e. The summed E-state index contributed by atoms with van der Waals surface area (Å²) in [7, 11) is 0. The molecule has 2 aromatic carbocycles. The Morgan fingerprint density at radius 1 is 1.09 bits per heavy atom. The number of para-hydroxylation sites is 1. The zero-order valence-electron chi connectivity index (χ0n) is 19.6. The van der Waals surface area contributed by atoms with Crippen molar-refractivity contribution in [1.82, 2.24) is 19.8 Å². The molecule has 0 spiro atoms. The molecule has 0 bridgehead atoms. The number of nitrogens with zero attached hydrogens (tertiary/aromatic N) is 4. The SMILES string of the molecule is C[C@@]1(C(=O)NCc2ccccc2)Cn2cnc(C(=O)N3CCc4ccccc43)c2C(=O)N1C1CC1. The average molecular weight is 470 g/mol. The summed E-state index contributed by atoms with van der Waals surface area (Å²) in [5, 5.41) is 3.02. The molecule has 1 saturated carbocycles. The van der Waals surface area contributed by atoms with Crippen LogP contribution in [0.1, 0.15) is 51.9 Å². The lowest BCUT2D eigenvalue weighted by atomic mass is 9.93. The number of imidazole rings is 1. The maximum absolute atomic E-state index is 13.9. The van der Waals surface area contributed by atoms with Gasteiger partial charge in [0.1, 0.15) is 11.2 Å². The molecule has 3 aliphatic rings. The highest BCUT2D eigenvalue weighted by molar-refractivity contribution is 6.13. The standard InChI is InChI=1S/C27H27N5O3/c1-27(26(35)28-15-18-7-3-2-4-8-18)16-30-17-29-22(23(30)25(34)32(27)20-11-12-20)24(33)31-14-13-19-9-5-6-10-21(19)31/h2-10,17,20H,11-16H2,1H3,(H,28,35)/t27-/m0/s1. The Kier molecular flexibility index (Phi) is 4.98. The molecule has 8 nitrogen and oxygen atoms in total. The van der Waals surface area contributed by atoms with E-state index in [1.165, 1.54) is 6.33 Å². The van der Waals surface area contributed by atoms with Crippen molar-refractivity contribution in [1.29, 1.82) is 0 Å². The predicted molar refractivity (Wildman–Crippen MR) is 130 cm³/mol. The normalized spacial score (nSPS) is 21.0. The third kappa shape index (κ3) is 3.51. The number of nitrogens with one attached hydrogen (secondary N) is 1. The molecule has 8 heteroatoms. The van der Waals surface area contributed by atoms with Gasteiger partial charge >= 0.3 is 0 Å². The molecule has 178 valence electrons. The van der Waals surface area contributed by atoms with E-state index in [0.717, 1.165) is 36.1 Å². The van der Waals surface area contributed by atoms with Crippen molar-refractivity contribution in [2.75, 3.05) is 11.4 Å². The molecular formula is C27H27N5O3. The van der Waals surface area contributed by atoms with Crippen LogP contribution in [-0.2, 0) is 24.3 Å². The molecule has 0 saturated heterocycles. The third-order valence-corrected chi connectivity index (χ3v) is 7.30. The highest BCUT2D eigenvalue weighted by atomic mass is 16.2. The summed E-state index contributed by atoms with van der Waals surface area (Å²) in [5.74, 6) is -0.781. The molecule has 0 unspecified atom stereocenters. The molecule has 1 atom stereocenters. The first-order valence-electron chi connectivity index (χ1n) is 12.1. The van der Waals surface area contributed by atoms with Gasteiger partial charge in [0.15, 0.2) is 5.69 Å². The lowest BCUT2D eigenvalue weighted by molar-refractivity contribution is -0.133. The van der Waals surface area contributed by atoms with Gasteiger partial charge in [0.25, 0.3) is 11.8 Å². The molecule has 6 rings (SSSR count). The second kappa shape index (κ2) is 8.08. The summed E-state index contributed by atoms with van der Waals surface area (Å²) in [4.78, 5) is 48.6. The van der Waals surface area contributed by atoms with E-state index in [1.54, 1.807) is 14.4 Å². The van der Waals surface area contributed by atoms with E-state index in [0.29, 0.717) is 13.1 Å². The fraction of sp³-hybridized carbons (Fsp3) is 0.333. The van der Waals surface area contributed by atoms with Gasteiger partial charge in [-0.3, -0.25) is 14.4 Å². The van der Waals surface area contributed by atoms with Crippen molar-refractivity contribution in [2.24, 2.45) is 0 Å². The number of aromatic nitrogens is 2. The molecule has 3 heterocycles. The maximum atomic E-state index is 13.9. The Bertz CT molecular complexity index is 1330. The number of carbonyl (C=O) groups excluding carboxylic acids is 3. The van der Waals surface area contributed by atoms with Crippen LogP contribution in [0.2, 0.25) is 0 Å². The number of benzene rings is 2. The predicted octanol–water partition coefficient (Wildman–Crippen LogP) is 2.78. The molecule has 0 radical (unpaired) electrons. The topological polar surface area (TPSA) is 87.5 Å². The first-order chi connectivity index (χ1) is 17.0. The molecule has 1 aliphatic carbocycles. The molecule has 1 aromatic heterocycles. The Morgan fingerprint density at radius 3 is 2.60 bits per heavy atom. The van der Waals surface area contributed by atoms with E-state index in [9.17, 15) is 14.4 Å². The molecule has 35 heavy (non-hydrogen) atoms. The van der Waals surface area contributed by atoms with Crippen LogP contribution in [0, 0.1) is 0 Å². The summed E-state index contributed by atoms with van der Waals surface area (Å²) in [6, 6.07) is 17.5. The summed E-state index contributed by atoms with van der Waals surface area (Å²) in [6.45, 7) is 3.01. The van der Waals surface area contributed by atoms with E-state index in [1.807, 2.05) is 61.5 Å². The van der Waals surface area contributed by atoms with Gasteiger partial charge in [-0.15, -0.1) is 0 Å². The molecule has 2 aliphatic heterocycles. The number of carbonyl (C=O) groups is 3. The fourth-order valence-electron chi connectivity index (χ4n) is 5.36. The van der Waals surface area contributed by atoms with Crippen molar-refractivity contribution >= 4 is 23.4 Å². The van der Waals surface area contributed by atoms with Gasteiger partial charge in [-0.1, -0.05) is 48.5 Å². The Morgan fingerprint density at radius 2 is 1.83 bits per heavy atom. The van der Waals surface area contributed by atoms with E-state index < -0.39 is 5.54 Å². The van der Waals surface area contributed by atoms with Crippen molar-refractivity contribution in [3.63, 3.8) is 0 Å². The van der Waals surface area contributed by atoms with Gasteiger partial charge in [-0.25, -0.2) is 4.98 Å². The summed E-state index contributed by atoms with van der Waals surface area (Å²) in [5.41, 5.74) is 2.34. The molecule has 3 aromatic rings. The first kappa shape index (κ1) is 21.6. The average Bonchev–Trinajstić information content (AvgIpc) is 3.45. The zero-order chi connectivity index (χ0) is 24.2. The fourth-order valence-corrected chi connectivity index (χ4v) is 5.36. The largest absolute Gasteiger partial charge is 0.350 e. The van der Waals surface area contributed by atoms with E-state index in [2.05, 4.69) is 10.3 Å². The van der Waals surface area contributed by atoms with Crippen LogP contribution in [-0.4, -0.2) is 50.3 Å². The van der Waals surface area contributed by atoms with Gasteiger partial charge in [0, 0.05) is 24.8 Å². The Hall–Kier alpha value is -3.94. The van der Waals surface area contributed by atoms with E-state index in [4.69, 9.17) is 0 Å². The number of hydrogen-bond donors (Lipinski definition) is 1. The maximum Gasteiger partial charge on any atom is 0.279 e. The highest BCUT2D eigenvalue weighted by Crippen LogP contribution is 2.39. The van der Waals surface area contributed by atoms with E-state index in [-0.39, 0.29) is 41.7 Å². The monoisotopic (exact) mass is 469 g/mol. The minimum Gasteiger partial charge on any atom is -0.350 e. The highest BCUT2D eigenvalue weighted by Gasteiger charge is 2.54. The number of anilines is 1. The van der Waals surface area contributed by atoms with Gasteiger partial charge in [-0.05, 0) is 43.4 Å². The van der Waals surface area contributed by atoms with Gasteiger partial charge in [0.2, 0.25) is 5.91 Å². The van der Waals surface area contributed by atoms with Crippen LogP contribution in [0.5, 0.6) is 0 Å². The van der Waals surface area contributed by atoms with Crippen LogP contribution < -0.4 is 10.2 Å². The lowest BCUT2D eigenvalue weighted by Crippen LogP contribution is -2.64. The summed E-state index contributed by atoms with van der Waals surface area (Å²) >= 11 is 0. The van der Waals surface area contributed by atoms with Crippen LogP contribution in [0.25, 0.3) is 0 Å². The quantitative estimate of drug-likeness (QED) is 0.623. The molecule has 3 amide bonds. The lowest BCUT2D eigenvalue weighted by Gasteiger charge is -2.44. The van der Waals surface area contributed by atoms with Crippen LogP contribution in [0.4, 0.5) is 5.69 Å². The Labute approximate surface area is 203 Å². The number of amides is 3. The second-order valence-corrected chi connectivity index (χ2v) is 9.75. The van der Waals surface area contributed by atoms with Crippen LogP contribution in [0.15, 0.2) is 60.9 Å². The molecule has 1 N–H and O–H groups in total. The molecular weight excluding hydrogens is 442 g/mol. The third-order valence-electron chi connectivity index (χ3n) is 7.30. The van der Waals surface area contributed by atoms with Gasteiger partial charge in [0.05, 0.1) is 12.9 Å². The van der Waals surface area contributed by atoms with Crippen molar-refractivity contribution in [3.05, 3.63) is 83.4 Å². The van der Waals surface area contributed by atoms with Crippen molar-refractivity contribution < 1.29 is 14.4 Å². The summed E-state index contributed by atoms with van der Waals surface area (Å²) in [6.07, 6.45) is 4.00. The minimum atomic E-state index is -1.07. The Balaban J connectivity index is 1.30. The number of rotatable bonds is 5. The minimum absolute atomic E-state index is 0.00547. The molecule has 1 fully saturated rings. The number of fused-ring (bicyclic) bond motifs is 2. The second-order valence-electron chi connectivity index (χ2n) is 9.75. The van der Waals surface area contributed by atoms with Gasteiger partial charge < -0.3 is 19.7 Å².